The first-order chi connectivity index (χ1) is 12.5. The number of hydrogen-bond acceptors (Lipinski definition) is 4. The molecule has 1 aliphatic carbocycles. The van der Waals surface area contributed by atoms with E-state index in [9.17, 15) is 15.2 Å². The highest BCUT2D eigenvalue weighted by atomic mass is 79.9. The van der Waals surface area contributed by atoms with Crippen LogP contribution in [0.15, 0.2) is 38.5 Å². The molecule has 1 aromatic heterocycles. The molecule has 134 valence electrons. The highest BCUT2D eigenvalue weighted by Crippen LogP contribution is 2.32. The molecule has 5 nitrogen and oxygen atoms in total. The SMILES string of the molecule is Cc1c(C=Nc2cccc(Br)c2)c(O)n(C2CCCCC2)c(=O)c1C#N. The van der Waals surface area contributed by atoms with Crippen LogP contribution in [0.25, 0.3) is 0 Å². The van der Waals surface area contributed by atoms with Crippen molar-refractivity contribution in [3.8, 4) is 11.9 Å². The van der Waals surface area contributed by atoms with E-state index in [1.54, 1.807) is 6.92 Å². The maximum absolute atomic E-state index is 12.7. The number of aliphatic imine (C=N–C) groups is 1. The number of rotatable bonds is 3. The van der Waals surface area contributed by atoms with Gasteiger partial charge in [0.15, 0.2) is 0 Å². The summed E-state index contributed by atoms with van der Waals surface area (Å²) in [6.07, 6.45) is 6.39. The van der Waals surface area contributed by atoms with Crippen molar-refractivity contribution in [2.45, 2.75) is 45.1 Å². The average Bonchev–Trinajstić information content (AvgIpc) is 2.63. The Balaban J connectivity index is 2.12. The molecule has 3 rings (SSSR count). The first-order valence-electron chi connectivity index (χ1n) is 8.70. The molecule has 1 aromatic carbocycles. The highest BCUT2D eigenvalue weighted by Gasteiger charge is 2.24. The maximum atomic E-state index is 12.7. The van der Waals surface area contributed by atoms with E-state index in [-0.39, 0.29) is 17.5 Å². The normalized spacial score (nSPS) is 15.3. The Kier molecular flexibility index (Phi) is 5.58. The van der Waals surface area contributed by atoms with Gasteiger partial charge in [0.1, 0.15) is 11.6 Å². The van der Waals surface area contributed by atoms with Crippen molar-refractivity contribution in [2.75, 3.05) is 0 Å². The number of halogens is 1. The lowest BCUT2D eigenvalue weighted by molar-refractivity contribution is 0.303. The van der Waals surface area contributed by atoms with Crippen molar-refractivity contribution in [1.82, 2.24) is 4.57 Å². The minimum absolute atomic E-state index is 0.0676. The van der Waals surface area contributed by atoms with Gasteiger partial charge in [-0.25, -0.2) is 0 Å². The topological polar surface area (TPSA) is 78.4 Å². The monoisotopic (exact) mass is 413 g/mol. The number of benzene rings is 1. The third kappa shape index (κ3) is 3.58. The molecular formula is C20H20BrN3O2. The van der Waals surface area contributed by atoms with E-state index in [1.165, 1.54) is 10.8 Å². The molecule has 1 saturated carbocycles. The first-order valence-corrected chi connectivity index (χ1v) is 9.50. The van der Waals surface area contributed by atoms with Crippen LogP contribution < -0.4 is 5.56 Å². The van der Waals surface area contributed by atoms with Gasteiger partial charge < -0.3 is 5.11 Å². The van der Waals surface area contributed by atoms with E-state index in [1.807, 2.05) is 30.3 Å². The summed E-state index contributed by atoms with van der Waals surface area (Å²) in [6, 6.07) is 9.40. The van der Waals surface area contributed by atoms with Gasteiger partial charge in [0.05, 0.1) is 11.3 Å². The van der Waals surface area contributed by atoms with Crippen molar-refractivity contribution in [2.24, 2.45) is 4.99 Å². The van der Waals surface area contributed by atoms with E-state index >= 15 is 0 Å². The second kappa shape index (κ2) is 7.88. The van der Waals surface area contributed by atoms with E-state index < -0.39 is 5.56 Å². The van der Waals surface area contributed by atoms with Gasteiger partial charge >= 0.3 is 0 Å². The molecular weight excluding hydrogens is 394 g/mol. The minimum Gasteiger partial charge on any atom is -0.494 e. The number of pyridine rings is 1. The van der Waals surface area contributed by atoms with E-state index in [4.69, 9.17) is 0 Å². The Hall–Kier alpha value is -2.39. The average molecular weight is 414 g/mol. The summed E-state index contributed by atoms with van der Waals surface area (Å²) < 4.78 is 2.30. The van der Waals surface area contributed by atoms with Crippen LogP contribution in [0.3, 0.4) is 0 Å². The van der Waals surface area contributed by atoms with Crippen LogP contribution in [0.5, 0.6) is 5.88 Å². The summed E-state index contributed by atoms with van der Waals surface area (Å²) in [6.45, 7) is 1.67. The van der Waals surface area contributed by atoms with Gasteiger partial charge in [-0.05, 0) is 43.5 Å². The van der Waals surface area contributed by atoms with Crippen molar-refractivity contribution in [1.29, 1.82) is 5.26 Å². The quantitative estimate of drug-likeness (QED) is 0.736. The van der Waals surface area contributed by atoms with Gasteiger partial charge in [-0.2, -0.15) is 5.26 Å². The van der Waals surface area contributed by atoms with Gasteiger partial charge in [-0.3, -0.25) is 14.4 Å². The fraction of sp³-hybridized carbons (Fsp3) is 0.350. The molecule has 1 N–H and O–H groups in total. The molecule has 1 aliphatic rings. The molecule has 2 aromatic rings. The molecule has 0 amide bonds. The Morgan fingerprint density at radius 2 is 2.08 bits per heavy atom. The fourth-order valence-corrected chi connectivity index (χ4v) is 3.86. The summed E-state index contributed by atoms with van der Waals surface area (Å²) >= 11 is 3.40. The van der Waals surface area contributed by atoms with Crippen LogP contribution in [-0.2, 0) is 0 Å². The third-order valence-electron chi connectivity index (χ3n) is 4.88. The van der Waals surface area contributed by atoms with Crippen molar-refractivity contribution >= 4 is 27.8 Å². The van der Waals surface area contributed by atoms with Crippen molar-refractivity contribution in [3.63, 3.8) is 0 Å². The maximum Gasteiger partial charge on any atom is 0.271 e. The van der Waals surface area contributed by atoms with Crippen LogP contribution in [0.4, 0.5) is 5.69 Å². The van der Waals surface area contributed by atoms with Gasteiger partial charge in [-0.1, -0.05) is 41.3 Å². The first kappa shape index (κ1) is 18.4. The Morgan fingerprint density at radius 3 is 2.73 bits per heavy atom. The van der Waals surface area contributed by atoms with Crippen LogP contribution in [0.1, 0.15) is 54.8 Å². The summed E-state index contributed by atoms with van der Waals surface area (Å²) in [5.74, 6) is -0.0999. The smallest absolute Gasteiger partial charge is 0.271 e. The van der Waals surface area contributed by atoms with Crippen LogP contribution in [0.2, 0.25) is 0 Å². The zero-order valence-corrected chi connectivity index (χ0v) is 16.2. The van der Waals surface area contributed by atoms with Crippen LogP contribution >= 0.6 is 15.9 Å². The molecule has 0 spiro atoms. The summed E-state index contributed by atoms with van der Waals surface area (Å²) in [4.78, 5) is 17.2. The Bertz CT molecular complexity index is 951. The zero-order valence-electron chi connectivity index (χ0n) is 14.6. The number of nitrogens with zero attached hydrogens (tertiary/aromatic N) is 3. The summed E-state index contributed by atoms with van der Waals surface area (Å²) in [5, 5.41) is 20.3. The Labute approximate surface area is 160 Å². The molecule has 0 saturated heterocycles. The number of aromatic hydroxyl groups is 1. The summed E-state index contributed by atoms with van der Waals surface area (Å²) in [5.41, 5.74) is 1.26. The zero-order chi connectivity index (χ0) is 18.7. The standard InChI is InChI=1S/C20H20BrN3O2/c1-13-17(11-22)19(25)24(16-8-3-2-4-9-16)20(26)18(13)12-23-15-7-5-6-14(21)10-15/h5-7,10,12,16,26H,2-4,8-9H2,1H3. The molecule has 0 bridgehead atoms. The highest BCUT2D eigenvalue weighted by molar-refractivity contribution is 9.10. The lowest BCUT2D eigenvalue weighted by atomic mass is 9.94. The molecule has 1 fully saturated rings. The van der Waals surface area contributed by atoms with Gasteiger partial charge in [0.2, 0.25) is 5.88 Å². The Morgan fingerprint density at radius 1 is 1.35 bits per heavy atom. The second-order valence-electron chi connectivity index (χ2n) is 6.55. The number of nitriles is 1. The second-order valence-corrected chi connectivity index (χ2v) is 7.47. The van der Waals surface area contributed by atoms with E-state index in [0.717, 1.165) is 36.6 Å². The molecule has 0 atom stereocenters. The third-order valence-corrected chi connectivity index (χ3v) is 5.38. The predicted octanol–water partition coefficient (Wildman–Crippen LogP) is 4.75. The minimum atomic E-state index is -0.408. The van der Waals surface area contributed by atoms with Crippen LogP contribution in [-0.4, -0.2) is 15.9 Å². The lowest BCUT2D eigenvalue weighted by Gasteiger charge is -2.26. The molecule has 0 aliphatic heterocycles. The van der Waals surface area contributed by atoms with Crippen LogP contribution in [0, 0.1) is 18.3 Å². The van der Waals surface area contributed by atoms with E-state index in [2.05, 4.69) is 20.9 Å². The lowest BCUT2D eigenvalue weighted by Crippen LogP contribution is -2.30. The van der Waals surface area contributed by atoms with Crippen molar-refractivity contribution in [3.05, 3.63) is 55.8 Å². The van der Waals surface area contributed by atoms with Crippen molar-refractivity contribution < 1.29 is 5.11 Å². The van der Waals surface area contributed by atoms with E-state index in [0.29, 0.717) is 16.8 Å². The molecule has 0 radical (unpaired) electrons. The fourth-order valence-electron chi connectivity index (χ4n) is 3.47. The molecule has 6 heteroatoms. The molecule has 1 heterocycles. The summed E-state index contributed by atoms with van der Waals surface area (Å²) in [7, 11) is 0. The largest absolute Gasteiger partial charge is 0.494 e. The number of aromatic nitrogens is 1. The molecule has 0 unspecified atom stereocenters. The van der Waals surface area contributed by atoms with Gasteiger partial charge in [-0.15, -0.1) is 0 Å². The van der Waals surface area contributed by atoms with Gasteiger partial charge in [0, 0.05) is 16.7 Å². The van der Waals surface area contributed by atoms with Gasteiger partial charge in [0.25, 0.3) is 5.56 Å². The molecule has 26 heavy (non-hydrogen) atoms. The number of hydrogen-bond donors (Lipinski definition) is 1. The predicted molar refractivity (Wildman–Crippen MR) is 105 cm³/mol.